The first kappa shape index (κ1) is 9.21. The Kier molecular flexibility index (Phi) is 2.03. The van der Waals surface area contributed by atoms with E-state index in [4.69, 9.17) is 9.52 Å². The minimum atomic E-state index is -1.10. The molecule has 1 N–H and O–H groups in total. The van der Waals surface area contributed by atoms with E-state index in [2.05, 4.69) is 20.9 Å². The van der Waals surface area contributed by atoms with Crippen LogP contribution in [0.2, 0.25) is 0 Å². The van der Waals surface area contributed by atoms with Crippen LogP contribution in [0, 0.1) is 6.92 Å². The zero-order valence-corrected chi connectivity index (χ0v) is 8.83. The summed E-state index contributed by atoms with van der Waals surface area (Å²) in [6.07, 6.45) is 0. The number of carbonyl (C=O) groups is 1. The molecule has 0 bridgehead atoms. The molecule has 0 radical (unpaired) electrons. The lowest BCUT2D eigenvalue weighted by Crippen LogP contribution is -1.93. The maximum absolute atomic E-state index is 10.7. The fourth-order valence-electron chi connectivity index (χ4n) is 1.18. The molecule has 0 fully saturated rings. The zero-order valence-electron chi connectivity index (χ0n) is 7.24. The van der Waals surface area contributed by atoms with E-state index in [-0.39, 0.29) is 5.76 Å². The number of rotatable bonds is 1. The maximum Gasteiger partial charge on any atom is 0.373 e. The van der Waals surface area contributed by atoms with Crippen molar-refractivity contribution in [2.75, 3.05) is 0 Å². The lowest BCUT2D eigenvalue weighted by Gasteiger charge is -1.89. The highest BCUT2D eigenvalue weighted by Crippen LogP contribution is 2.29. The second-order valence-electron chi connectivity index (χ2n) is 2.86. The second kappa shape index (κ2) is 3.09. The van der Waals surface area contributed by atoms with Crippen molar-refractivity contribution >= 4 is 33.0 Å². The molecule has 0 spiro atoms. The number of carboxylic acid groups (broad SMARTS) is 1. The van der Waals surface area contributed by atoms with Crippen molar-refractivity contribution in [3.05, 3.63) is 28.1 Å². The van der Waals surface area contributed by atoms with E-state index in [1.165, 1.54) is 0 Å². The Morgan fingerprint density at radius 2 is 2.29 bits per heavy atom. The molecule has 0 amide bonds. The molecular formula is C9H6BrNO3. The number of aryl methyl sites for hydroxylation is 1. The van der Waals surface area contributed by atoms with Gasteiger partial charge in [-0.25, -0.2) is 9.78 Å². The Morgan fingerprint density at radius 3 is 2.93 bits per heavy atom. The molecule has 0 aliphatic carbocycles. The average molecular weight is 256 g/mol. The number of fused-ring (bicyclic) bond motifs is 1. The molecule has 0 saturated heterocycles. The standard InChI is InChI=1S/C9H6BrNO3/c1-4-2-3-5-6(10)7(9(12)13)14-8(5)11-4/h2-3H,1H3,(H,12,13). The van der Waals surface area contributed by atoms with Gasteiger partial charge in [0.2, 0.25) is 11.5 Å². The highest BCUT2D eigenvalue weighted by Gasteiger charge is 2.18. The summed E-state index contributed by atoms with van der Waals surface area (Å²) in [5.74, 6) is -1.22. The summed E-state index contributed by atoms with van der Waals surface area (Å²) in [4.78, 5) is 14.8. The van der Waals surface area contributed by atoms with Crippen molar-refractivity contribution in [3.8, 4) is 0 Å². The van der Waals surface area contributed by atoms with E-state index in [0.717, 1.165) is 5.69 Å². The van der Waals surface area contributed by atoms with Gasteiger partial charge in [-0.1, -0.05) is 0 Å². The van der Waals surface area contributed by atoms with Crippen LogP contribution in [-0.2, 0) is 0 Å². The van der Waals surface area contributed by atoms with Gasteiger partial charge in [0, 0.05) is 5.69 Å². The van der Waals surface area contributed by atoms with Gasteiger partial charge in [-0.05, 0) is 35.0 Å². The SMILES string of the molecule is Cc1ccc2c(Br)c(C(=O)O)oc2n1. The number of carboxylic acids is 1. The fourth-order valence-corrected chi connectivity index (χ4v) is 1.73. The Balaban J connectivity index is 2.79. The quantitative estimate of drug-likeness (QED) is 0.851. The number of hydrogen-bond donors (Lipinski definition) is 1. The Morgan fingerprint density at radius 1 is 1.57 bits per heavy atom. The first-order valence-electron chi connectivity index (χ1n) is 3.88. The van der Waals surface area contributed by atoms with E-state index >= 15 is 0 Å². The van der Waals surface area contributed by atoms with Gasteiger partial charge >= 0.3 is 5.97 Å². The molecule has 0 aromatic carbocycles. The summed E-state index contributed by atoms with van der Waals surface area (Å²) in [5.41, 5.74) is 1.13. The van der Waals surface area contributed by atoms with Crippen LogP contribution in [0.3, 0.4) is 0 Å². The Labute approximate surface area is 87.7 Å². The molecule has 2 aromatic heterocycles. The van der Waals surface area contributed by atoms with E-state index in [9.17, 15) is 4.79 Å². The third-order valence-corrected chi connectivity index (χ3v) is 2.62. The fraction of sp³-hybridized carbons (Fsp3) is 0.111. The molecule has 2 heterocycles. The normalized spacial score (nSPS) is 10.7. The average Bonchev–Trinajstić information content (AvgIpc) is 2.43. The summed E-state index contributed by atoms with van der Waals surface area (Å²) >= 11 is 3.16. The van der Waals surface area contributed by atoms with Crippen LogP contribution in [0.1, 0.15) is 16.2 Å². The summed E-state index contributed by atoms with van der Waals surface area (Å²) in [5, 5.41) is 9.46. The van der Waals surface area contributed by atoms with Gasteiger partial charge in [0.15, 0.2) is 0 Å². The van der Waals surface area contributed by atoms with Gasteiger partial charge in [-0.15, -0.1) is 0 Å². The van der Waals surface area contributed by atoms with Crippen molar-refractivity contribution < 1.29 is 14.3 Å². The van der Waals surface area contributed by atoms with E-state index in [1.807, 2.05) is 6.92 Å². The lowest BCUT2D eigenvalue weighted by atomic mass is 10.3. The molecule has 0 aliphatic heterocycles. The third-order valence-electron chi connectivity index (χ3n) is 1.83. The third kappa shape index (κ3) is 1.29. The maximum atomic E-state index is 10.7. The monoisotopic (exact) mass is 255 g/mol. The number of pyridine rings is 1. The summed E-state index contributed by atoms with van der Waals surface area (Å²) in [7, 11) is 0. The molecule has 0 saturated carbocycles. The molecule has 0 aliphatic rings. The minimum Gasteiger partial charge on any atom is -0.475 e. The van der Waals surface area contributed by atoms with Crippen molar-refractivity contribution in [1.29, 1.82) is 0 Å². The van der Waals surface area contributed by atoms with Crippen LogP contribution in [0.15, 0.2) is 21.0 Å². The van der Waals surface area contributed by atoms with Crippen molar-refractivity contribution in [2.24, 2.45) is 0 Å². The summed E-state index contributed by atoms with van der Waals surface area (Å²) in [6.45, 7) is 1.82. The largest absolute Gasteiger partial charge is 0.475 e. The van der Waals surface area contributed by atoms with Gasteiger partial charge < -0.3 is 9.52 Å². The predicted molar refractivity (Wildman–Crippen MR) is 53.4 cm³/mol. The van der Waals surface area contributed by atoms with Crippen molar-refractivity contribution in [1.82, 2.24) is 4.98 Å². The van der Waals surface area contributed by atoms with Crippen LogP contribution in [0.4, 0.5) is 0 Å². The summed E-state index contributed by atoms with van der Waals surface area (Å²) in [6, 6.07) is 3.58. The van der Waals surface area contributed by atoms with E-state index in [0.29, 0.717) is 15.6 Å². The van der Waals surface area contributed by atoms with Gasteiger partial charge in [-0.2, -0.15) is 0 Å². The van der Waals surface area contributed by atoms with Crippen LogP contribution >= 0.6 is 15.9 Å². The number of furan rings is 1. The summed E-state index contributed by atoms with van der Waals surface area (Å²) < 4.78 is 5.52. The lowest BCUT2D eigenvalue weighted by molar-refractivity contribution is 0.0663. The molecular weight excluding hydrogens is 250 g/mol. The number of aromatic carboxylic acids is 1. The van der Waals surface area contributed by atoms with Crippen LogP contribution in [0.5, 0.6) is 0 Å². The molecule has 2 aromatic rings. The van der Waals surface area contributed by atoms with Crippen LogP contribution in [0.25, 0.3) is 11.1 Å². The first-order chi connectivity index (χ1) is 6.59. The molecule has 4 nitrogen and oxygen atoms in total. The van der Waals surface area contributed by atoms with E-state index < -0.39 is 5.97 Å². The number of nitrogens with zero attached hydrogens (tertiary/aromatic N) is 1. The van der Waals surface area contributed by atoms with Crippen LogP contribution < -0.4 is 0 Å². The smallest absolute Gasteiger partial charge is 0.373 e. The van der Waals surface area contributed by atoms with Gasteiger partial charge in [0.05, 0.1) is 9.86 Å². The minimum absolute atomic E-state index is 0.113. The topological polar surface area (TPSA) is 63.3 Å². The molecule has 72 valence electrons. The number of hydrogen-bond acceptors (Lipinski definition) is 3. The number of halogens is 1. The molecule has 14 heavy (non-hydrogen) atoms. The van der Waals surface area contributed by atoms with Gasteiger partial charge in [0.25, 0.3) is 0 Å². The zero-order chi connectivity index (χ0) is 10.3. The molecule has 2 rings (SSSR count). The molecule has 0 unspecified atom stereocenters. The number of aromatic nitrogens is 1. The van der Waals surface area contributed by atoms with Crippen molar-refractivity contribution in [3.63, 3.8) is 0 Å². The highest BCUT2D eigenvalue weighted by atomic mass is 79.9. The molecule has 5 heteroatoms. The Bertz CT molecular complexity index is 518. The van der Waals surface area contributed by atoms with E-state index in [1.54, 1.807) is 12.1 Å². The van der Waals surface area contributed by atoms with Crippen molar-refractivity contribution in [2.45, 2.75) is 6.92 Å². The predicted octanol–water partition coefficient (Wildman–Crippen LogP) is 2.60. The molecule has 0 atom stereocenters. The van der Waals surface area contributed by atoms with Gasteiger partial charge in [0.1, 0.15) is 0 Å². The first-order valence-corrected chi connectivity index (χ1v) is 4.68. The highest BCUT2D eigenvalue weighted by molar-refractivity contribution is 9.10. The Hall–Kier alpha value is -1.36. The van der Waals surface area contributed by atoms with Crippen LogP contribution in [-0.4, -0.2) is 16.1 Å². The van der Waals surface area contributed by atoms with Gasteiger partial charge in [-0.3, -0.25) is 0 Å². The second-order valence-corrected chi connectivity index (χ2v) is 3.65.